The summed E-state index contributed by atoms with van der Waals surface area (Å²) in [6, 6.07) is 1.03. The average molecular weight is 516 g/mol. The minimum atomic E-state index is -4.59. The summed E-state index contributed by atoms with van der Waals surface area (Å²) in [6.45, 7) is 3.27. The molecule has 9 nitrogen and oxygen atoms in total. The molecule has 0 aromatic carbocycles. The molecular formula is C22H28F3N5O4S. The number of rotatable bonds is 5. The molecule has 2 aromatic rings. The van der Waals surface area contributed by atoms with Crippen LogP contribution in [0.3, 0.4) is 0 Å². The van der Waals surface area contributed by atoms with Crippen LogP contribution in [-0.4, -0.2) is 87.5 Å². The van der Waals surface area contributed by atoms with E-state index in [1.165, 1.54) is 12.4 Å². The molecule has 2 amide bonds. The fraction of sp³-hybridized carbons (Fsp3) is 0.591. The minimum absolute atomic E-state index is 0.0347. The van der Waals surface area contributed by atoms with Crippen molar-refractivity contribution in [2.45, 2.75) is 31.2 Å². The first-order valence-corrected chi connectivity index (χ1v) is 12.2. The largest absolute Gasteiger partial charge is 0.446 e. The van der Waals surface area contributed by atoms with Crippen LogP contribution < -0.4 is 15.5 Å². The number of thiophene rings is 1. The van der Waals surface area contributed by atoms with E-state index < -0.39 is 23.7 Å². The molecule has 0 radical (unpaired) electrons. The van der Waals surface area contributed by atoms with E-state index in [0.717, 1.165) is 30.5 Å². The van der Waals surface area contributed by atoms with Gasteiger partial charge in [-0.05, 0) is 13.1 Å². The number of piperidine rings is 1. The lowest BCUT2D eigenvalue weighted by atomic mass is 10.1. The third-order valence-corrected chi connectivity index (χ3v) is 7.14. The van der Waals surface area contributed by atoms with Crippen LogP contribution in [0.15, 0.2) is 11.4 Å². The molecule has 13 heteroatoms. The van der Waals surface area contributed by atoms with E-state index in [9.17, 15) is 22.8 Å². The molecule has 1 atom stereocenters. The van der Waals surface area contributed by atoms with Crippen LogP contribution in [0.1, 0.15) is 28.8 Å². The lowest BCUT2D eigenvalue weighted by molar-refractivity contribution is -0.136. The smallest absolute Gasteiger partial charge is 0.417 e. The highest BCUT2D eigenvalue weighted by Gasteiger charge is 2.36. The maximum atomic E-state index is 13.8. The Bertz CT molecular complexity index is 1070. The van der Waals surface area contributed by atoms with Crippen LogP contribution >= 0.6 is 11.3 Å². The highest BCUT2D eigenvalue weighted by molar-refractivity contribution is 7.17. The molecule has 0 spiro atoms. The van der Waals surface area contributed by atoms with E-state index in [4.69, 9.17) is 9.47 Å². The molecule has 0 saturated carbocycles. The van der Waals surface area contributed by atoms with E-state index in [1.807, 2.05) is 7.05 Å². The third-order valence-electron chi connectivity index (χ3n) is 6.14. The van der Waals surface area contributed by atoms with E-state index in [0.29, 0.717) is 39.1 Å². The van der Waals surface area contributed by atoms with Gasteiger partial charge < -0.3 is 29.9 Å². The zero-order chi connectivity index (χ0) is 25.2. The summed E-state index contributed by atoms with van der Waals surface area (Å²) in [5.74, 6) is -0.340. The molecule has 2 aliphatic rings. The van der Waals surface area contributed by atoms with Crippen molar-refractivity contribution in [2.75, 3.05) is 58.3 Å². The Hall–Kier alpha value is -2.64. The summed E-state index contributed by atoms with van der Waals surface area (Å²) >= 11 is 0.851. The van der Waals surface area contributed by atoms with E-state index in [1.54, 1.807) is 4.90 Å². The number of halogens is 3. The van der Waals surface area contributed by atoms with Crippen LogP contribution in [0.5, 0.6) is 0 Å². The van der Waals surface area contributed by atoms with E-state index >= 15 is 0 Å². The highest BCUT2D eigenvalue weighted by atomic mass is 32.1. The van der Waals surface area contributed by atoms with Gasteiger partial charge in [0.25, 0.3) is 5.91 Å². The van der Waals surface area contributed by atoms with E-state index in [2.05, 4.69) is 20.5 Å². The highest BCUT2D eigenvalue weighted by Crippen LogP contribution is 2.40. The third kappa shape index (κ3) is 5.96. The number of aromatic nitrogens is 1. The summed E-state index contributed by atoms with van der Waals surface area (Å²) in [7, 11) is 3.41. The van der Waals surface area contributed by atoms with Crippen molar-refractivity contribution in [1.29, 1.82) is 0 Å². The molecule has 0 bridgehead atoms. The fourth-order valence-electron chi connectivity index (χ4n) is 4.25. The number of hydrogen-bond acceptors (Lipinski definition) is 8. The standard InChI is InChI=1S/C22H28F3N5O4S/c1-26-20(31)15-12-35-19-16(22(23,24)25)9-17(28-18(15)19)30-5-3-13(4-6-30)34-21(32)27-10-14-11-29(2)7-8-33-14/h9,12-14H,3-8,10-11H2,1-2H3,(H,26,31)(H,27,32). The number of alkyl carbamates (subject to hydrolysis) is 1. The molecule has 4 heterocycles. The molecule has 192 valence electrons. The van der Waals surface area contributed by atoms with Gasteiger partial charge >= 0.3 is 12.3 Å². The van der Waals surface area contributed by atoms with Crippen LogP contribution in [0.2, 0.25) is 0 Å². The Labute approximate surface area is 204 Å². The molecule has 0 aliphatic carbocycles. The van der Waals surface area contributed by atoms with Gasteiger partial charge in [-0.15, -0.1) is 11.3 Å². The number of pyridine rings is 1. The molecular weight excluding hydrogens is 487 g/mol. The maximum absolute atomic E-state index is 13.8. The van der Waals surface area contributed by atoms with Crippen LogP contribution in [0, 0.1) is 0 Å². The Morgan fingerprint density at radius 2 is 2.03 bits per heavy atom. The monoisotopic (exact) mass is 515 g/mol. The summed E-state index contributed by atoms with van der Waals surface area (Å²) in [5.41, 5.74) is -0.665. The van der Waals surface area contributed by atoms with Crippen LogP contribution in [0.25, 0.3) is 10.2 Å². The van der Waals surface area contributed by atoms with Gasteiger partial charge in [0.15, 0.2) is 0 Å². The number of alkyl halides is 3. The van der Waals surface area contributed by atoms with Crippen molar-refractivity contribution >= 4 is 39.4 Å². The number of hydrogen-bond donors (Lipinski definition) is 2. The summed E-state index contributed by atoms with van der Waals surface area (Å²) in [5, 5.41) is 6.56. The number of fused-ring (bicyclic) bond motifs is 1. The number of nitrogens with one attached hydrogen (secondary N) is 2. The first-order chi connectivity index (χ1) is 16.7. The average Bonchev–Trinajstić information content (AvgIpc) is 3.25. The van der Waals surface area contributed by atoms with Crippen molar-refractivity contribution < 1.29 is 32.2 Å². The molecule has 35 heavy (non-hydrogen) atoms. The molecule has 1 unspecified atom stereocenters. The van der Waals surface area contributed by atoms with Gasteiger partial charge in [0.2, 0.25) is 0 Å². The maximum Gasteiger partial charge on any atom is 0.417 e. The number of carbonyl (C=O) groups excluding carboxylic acids is 2. The molecule has 2 saturated heterocycles. The quantitative estimate of drug-likeness (QED) is 0.632. The van der Waals surface area contributed by atoms with Crippen LogP contribution in [0.4, 0.5) is 23.8 Å². The Morgan fingerprint density at radius 3 is 2.69 bits per heavy atom. The Balaban J connectivity index is 1.39. The number of carbonyl (C=O) groups is 2. The van der Waals surface area contributed by atoms with Gasteiger partial charge in [-0.1, -0.05) is 0 Å². The Kier molecular flexibility index (Phi) is 7.67. The van der Waals surface area contributed by atoms with Crippen LogP contribution in [-0.2, 0) is 15.7 Å². The number of ether oxygens (including phenoxy) is 2. The number of anilines is 1. The first-order valence-electron chi connectivity index (χ1n) is 11.4. The second-order valence-corrected chi connectivity index (χ2v) is 9.54. The molecule has 2 aromatic heterocycles. The van der Waals surface area contributed by atoms with Crippen molar-refractivity contribution in [3.63, 3.8) is 0 Å². The second-order valence-electron chi connectivity index (χ2n) is 8.66. The van der Waals surface area contributed by atoms with Gasteiger partial charge in [0.05, 0.1) is 34.1 Å². The van der Waals surface area contributed by atoms with Gasteiger partial charge in [-0.2, -0.15) is 13.2 Å². The Morgan fingerprint density at radius 1 is 1.29 bits per heavy atom. The lowest BCUT2D eigenvalue weighted by Gasteiger charge is -2.33. The SMILES string of the molecule is CNC(=O)c1csc2c(C(F)(F)F)cc(N3CCC(OC(=O)NCC4CN(C)CCO4)CC3)nc12. The van der Waals surface area contributed by atoms with Crippen molar-refractivity contribution in [3.05, 3.63) is 22.6 Å². The normalized spacial score (nSPS) is 20.1. The predicted molar refractivity (Wildman–Crippen MR) is 125 cm³/mol. The lowest BCUT2D eigenvalue weighted by Crippen LogP contribution is -2.46. The molecule has 2 N–H and O–H groups in total. The molecule has 2 fully saturated rings. The topological polar surface area (TPSA) is 96.0 Å². The fourth-order valence-corrected chi connectivity index (χ4v) is 5.27. The summed E-state index contributed by atoms with van der Waals surface area (Å²) in [4.78, 5) is 32.6. The van der Waals surface area contributed by atoms with Gasteiger partial charge in [0, 0.05) is 58.0 Å². The van der Waals surface area contributed by atoms with Crippen molar-refractivity contribution in [1.82, 2.24) is 20.5 Å². The van der Waals surface area contributed by atoms with Crippen molar-refractivity contribution in [2.24, 2.45) is 0 Å². The van der Waals surface area contributed by atoms with Gasteiger partial charge in [-0.25, -0.2) is 9.78 Å². The number of likely N-dealkylation sites (N-methyl/N-ethyl adjacent to an activating group) is 1. The van der Waals surface area contributed by atoms with E-state index in [-0.39, 0.29) is 33.8 Å². The predicted octanol–water partition coefficient (Wildman–Crippen LogP) is 2.70. The summed E-state index contributed by atoms with van der Waals surface area (Å²) < 4.78 is 52.4. The van der Waals surface area contributed by atoms with Gasteiger partial charge in [-0.3, -0.25) is 4.79 Å². The zero-order valence-electron chi connectivity index (χ0n) is 19.5. The minimum Gasteiger partial charge on any atom is -0.446 e. The zero-order valence-corrected chi connectivity index (χ0v) is 20.3. The van der Waals surface area contributed by atoms with Crippen molar-refractivity contribution in [3.8, 4) is 0 Å². The second kappa shape index (κ2) is 10.5. The molecule has 4 rings (SSSR count). The molecule has 2 aliphatic heterocycles. The van der Waals surface area contributed by atoms with Gasteiger partial charge in [0.1, 0.15) is 11.9 Å². The number of nitrogens with zero attached hydrogens (tertiary/aromatic N) is 3. The number of morpholine rings is 1. The number of amides is 2. The summed E-state index contributed by atoms with van der Waals surface area (Å²) in [6.07, 6.45) is -4.67. The first kappa shape index (κ1) is 25.5.